The van der Waals surface area contributed by atoms with Crippen LogP contribution in [0, 0.1) is 0 Å². The van der Waals surface area contributed by atoms with Gasteiger partial charge < -0.3 is 14.2 Å². The number of methoxy groups -OCH3 is 1. The number of piperazine rings is 1. The Morgan fingerprint density at radius 2 is 2.10 bits per heavy atom. The maximum atomic E-state index is 11.8. The molecule has 1 saturated heterocycles. The average Bonchev–Trinajstić information content (AvgIpc) is 2.96. The SMILES string of the molecule is CCCc1noc([C@H](C)N2CCN(C(=O)COC)CC2)n1. The van der Waals surface area contributed by atoms with E-state index < -0.39 is 0 Å². The number of aromatic nitrogens is 2. The molecule has 1 aromatic rings. The smallest absolute Gasteiger partial charge is 0.248 e. The predicted molar refractivity (Wildman–Crippen MR) is 76.7 cm³/mol. The van der Waals surface area contributed by atoms with Crippen LogP contribution < -0.4 is 0 Å². The minimum absolute atomic E-state index is 0.0489. The third-order valence-electron chi connectivity index (χ3n) is 3.80. The van der Waals surface area contributed by atoms with Gasteiger partial charge in [0.2, 0.25) is 11.8 Å². The lowest BCUT2D eigenvalue weighted by atomic mass is 10.2. The van der Waals surface area contributed by atoms with Crippen molar-refractivity contribution in [1.29, 1.82) is 0 Å². The van der Waals surface area contributed by atoms with Crippen molar-refractivity contribution in [2.45, 2.75) is 32.7 Å². The first-order valence-electron chi connectivity index (χ1n) is 7.49. The maximum absolute atomic E-state index is 11.8. The van der Waals surface area contributed by atoms with E-state index in [1.165, 1.54) is 0 Å². The molecule has 0 aromatic carbocycles. The second kappa shape index (κ2) is 7.51. The maximum Gasteiger partial charge on any atom is 0.248 e. The molecule has 0 saturated carbocycles. The molecule has 7 nitrogen and oxygen atoms in total. The van der Waals surface area contributed by atoms with E-state index in [4.69, 9.17) is 9.26 Å². The van der Waals surface area contributed by atoms with Crippen LogP contribution in [0.25, 0.3) is 0 Å². The van der Waals surface area contributed by atoms with Crippen LogP contribution >= 0.6 is 0 Å². The molecule has 0 radical (unpaired) electrons. The van der Waals surface area contributed by atoms with E-state index in [0.29, 0.717) is 19.0 Å². The van der Waals surface area contributed by atoms with Gasteiger partial charge in [-0.3, -0.25) is 9.69 Å². The van der Waals surface area contributed by atoms with Crippen molar-refractivity contribution < 1.29 is 14.1 Å². The molecule has 1 fully saturated rings. The summed E-state index contributed by atoms with van der Waals surface area (Å²) in [4.78, 5) is 20.3. The van der Waals surface area contributed by atoms with E-state index in [2.05, 4.69) is 28.9 Å². The molecule has 0 aliphatic carbocycles. The molecule has 0 N–H and O–H groups in total. The van der Waals surface area contributed by atoms with E-state index in [9.17, 15) is 4.79 Å². The molecule has 0 bridgehead atoms. The fraction of sp³-hybridized carbons (Fsp3) is 0.786. The highest BCUT2D eigenvalue weighted by Crippen LogP contribution is 2.20. The Hall–Kier alpha value is -1.47. The Morgan fingerprint density at radius 3 is 2.71 bits per heavy atom. The molecule has 1 amide bonds. The van der Waals surface area contributed by atoms with Gasteiger partial charge >= 0.3 is 0 Å². The van der Waals surface area contributed by atoms with Gasteiger partial charge in [0.05, 0.1) is 6.04 Å². The van der Waals surface area contributed by atoms with Gasteiger partial charge in [0, 0.05) is 39.7 Å². The van der Waals surface area contributed by atoms with Gasteiger partial charge in [-0.15, -0.1) is 0 Å². The van der Waals surface area contributed by atoms with Gasteiger partial charge in [0.25, 0.3) is 0 Å². The molecule has 1 aliphatic rings. The number of hydrogen-bond donors (Lipinski definition) is 0. The van der Waals surface area contributed by atoms with Gasteiger partial charge in [-0.1, -0.05) is 12.1 Å². The van der Waals surface area contributed by atoms with Gasteiger partial charge in [0.15, 0.2) is 5.82 Å². The average molecular weight is 296 g/mol. The summed E-state index contributed by atoms with van der Waals surface area (Å²) in [5.41, 5.74) is 0. The zero-order chi connectivity index (χ0) is 15.2. The van der Waals surface area contributed by atoms with Crippen LogP contribution in [0.15, 0.2) is 4.52 Å². The number of nitrogens with zero attached hydrogens (tertiary/aromatic N) is 4. The zero-order valence-corrected chi connectivity index (χ0v) is 13.0. The first kappa shape index (κ1) is 15.9. The molecule has 118 valence electrons. The molecule has 1 aromatic heterocycles. The van der Waals surface area contributed by atoms with Crippen LogP contribution in [0.3, 0.4) is 0 Å². The number of carbonyl (C=O) groups excluding carboxylic acids is 1. The Balaban J connectivity index is 1.87. The Morgan fingerprint density at radius 1 is 1.38 bits per heavy atom. The number of aryl methyl sites for hydroxylation is 1. The Labute approximate surface area is 125 Å². The van der Waals surface area contributed by atoms with Crippen molar-refractivity contribution in [2.24, 2.45) is 0 Å². The molecule has 1 atom stereocenters. The fourth-order valence-corrected chi connectivity index (χ4v) is 2.49. The molecule has 21 heavy (non-hydrogen) atoms. The minimum atomic E-state index is 0.0489. The van der Waals surface area contributed by atoms with Gasteiger partial charge in [0.1, 0.15) is 6.61 Å². The number of rotatable bonds is 6. The molecule has 2 heterocycles. The van der Waals surface area contributed by atoms with E-state index >= 15 is 0 Å². The lowest BCUT2D eigenvalue weighted by Crippen LogP contribution is -2.50. The van der Waals surface area contributed by atoms with Crippen LogP contribution in [0.5, 0.6) is 0 Å². The second-order valence-electron chi connectivity index (χ2n) is 5.32. The summed E-state index contributed by atoms with van der Waals surface area (Å²) in [6.45, 7) is 7.35. The van der Waals surface area contributed by atoms with E-state index in [0.717, 1.165) is 31.8 Å². The van der Waals surface area contributed by atoms with Crippen molar-refractivity contribution in [3.05, 3.63) is 11.7 Å². The standard InChI is InChI=1S/C14H24N4O3/c1-4-5-12-15-14(21-16-12)11(2)17-6-8-18(9-7-17)13(19)10-20-3/h11H,4-10H2,1-3H3/t11-/m0/s1. The highest BCUT2D eigenvalue weighted by atomic mass is 16.5. The topological polar surface area (TPSA) is 71.7 Å². The van der Waals surface area contributed by atoms with Crippen molar-refractivity contribution >= 4 is 5.91 Å². The van der Waals surface area contributed by atoms with Crippen molar-refractivity contribution in [3.8, 4) is 0 Å². The predicted octanol–water partition coefficient (Wildman–Crippen LogP) is 0.874. The van der Waals surface area contributed by atoms with Crippen LogP contribution in [0.2, 0.25) is 0 Å². The summed E-state index contributed by atoms with van der Waals surface area (Å²) < 4.78 is 10.2. The van der Waals surface area contributed by atoms with Crippen molar-refractivity contribution in [2.75, 3.05) is 39.9 Å². The molecule has 0 unspecified atom stereocenters. The minimum Gasteiger partial charge on any atom is -0.375 e. The lowest BCUT2D eigenvalue weighted by molar-refractivity contribution is -0.137. The normalized spacial score (nSPS) is 18.0. The van der Waals surface area contributed by atoms with Crippen LogP contribution in [0.4, 0.5) is 0 Å². The largest absolute Gasteiger partial charge is 0.375 e. The monoisotopic (exact) mass is 296 g/mol. The lowest BCUT2D eigenvalue weighted by Gasteiger charge is -2.36. The highest BCUT2D eigenvalue weighted by Gasteiger charge is 2.27. The molecular weight excluding hydrogens is 272 g/mol. The van der Waals surface area contributed by atoms with E-state index in [-0.39, 0.29) is 18.6 Å². The number of hydrogen-bond acceptors (Lipinski definition) is 6. The second-order valence-corrected chi connectivity index (χ2v) is 5.32. The summed E-state index contributed by atoms with van der Waals surface area (Å²) in [5.74, 6) is 1.48. The first-order chi connectivity index (χ1) is 10.2. The first-order valence-corrected chi connectivity index (χ1v) is 7.49. The van der Waals surface area contributed by atoms with E-state index in [1.807, 2.05) is 4.90 Å². The third kappa shape index (κ3) is 4.01. The quantitative estimate of drug-likeness (QED) is 0.776. The highest BCUT2D eigenvalue weighted by molar-refractivity contribution is 5.77. The molecular formula is C14H24N4O3. The van der Waals surface area contributed by atoms with Crippen LogP contribution in [-0.2, 0) is 16.0 Å². The van der Waals surface area contributed by atoms with Gasteiger partial charge in [-0.25, -0.2) is 0 Å². The summed E-state index contributed by atoms with van der Waals surface area (Å²) >= 11 is 0. The fourth-order valence-electron chi connectivity index (χ4n) is 2.49. The van der Waals surface area contributed by atoms with E-state index in [1.54, 1.807) is 7.11 Å². The Kier molecular flexibility index (Phi) is 5.69. The number of amides is 1. The van der Waals surface area contributed by atoms with Crippen molar-refractivity contribution in [1.82, 2.24) is 19.9 Å². The summed E-state index contributed by atoms with van der Waals surface area (Å²) in [6.07, 6.45) is 1.85. The van der Waals surface area contributed by atoms with Crippen LogP contribution in [-0.4, -0.2) is 65.7 Å². The molecule has 0 spiro atoms. The third-order valence-corrected chi connectivity index (χ3v) is 3.80. The summed E-state index contributed by atoms with van der Waals surface area (Å²) in [6, 6.07) is 0.0859. The summed E-state index contributed by atoms with van der Waals surface area (Å²) in [5, 5.41) is 4.00. The zero-order valence-electron chi connectivity index (χ0n) is 13.0. The number of ether oxygens (including phenoxy) is 1. The Bertz CT molecular complexity index is 455. The van der Waals surface area contributed by atoms with Crippen LogP contribution in [0.1, 0.15) is 38.0 Å². The van der Waals surface area contributed by atoms with Gasteiger partial charge in [-0.05, 0) is 13.3 Å². The summed E-state index contributed by atoms with van der Waals surface area (Å²) in [7, 11) is 1.54. The molecule has 7 heteroatoms. The van der Waals surface area contributed by atoms with Gasteiger partial charge in [-0.2, -0.15) is 4.98 Å². The van der Waals surface area contributed by atoms with Crippen molar-refractivity contribution in [3.63, 3.8) is 0 Å². The number of carbonyl (C=O) groups is 1. The molecule has 1 aliphatic heterocycles. The molecule has 2 rings (SSSR count).